The van der Waals surface area contributed by atoms with Gasteiger partial charge in [-0.25, -0.2) is 0 Å². The van der Waals surface area contributed by atoms with Crippen molar-refractivity contribution in [2.45, 2.75) is 0 Å². The van der Waals surface area contributed by atoms with Gasteiger partial charge in [-0.05, 0) is 48.5 Å². The molecule has 0 unspecified atom stereocenters. The summed E-state index contributed by atoms with van der Waals surface area (Å²) in [5.41, 5.74) is 61.8. The van der Waals surface area contributed by atoms with Gasteiger partial charge in [0.05, 0.1) is 44.1 Å². The Morgan fingerprint density at radius 1 is 0.203 bits per heavy atom. The Labute approximate surface area is 440 Å². The van der Waals surface area contributed by atoms with E-state index in [0.717, 1.165) is 87.2 Å². The van der Waals surface area contributed by atoms with E-state index >= 15 is 0 Å². The quantitative estimate of drug-likeness (QED) is 0.0460. The first-order chi connectivity index (χ1) is 33.5. The fraction of sp³-hybridized carbons (Fsp3) is 0. The van der Waals surface area contributed by atoms with Crippen molar-refractivity contribution in [2.75, 3.05) is 0 Å². The number of benzene rings is 4. The van der Waals surface area contributed by atoms with Crippen molar-refractivity contribution in [3.8, 4) is 0 Å². The molecule has 4 aromatic carbocycles. The van der Waals surface area contributed by atoms with Crippen LogP contribution in [-0.2, 0) is 34.1 Å². The zero-order chi connectivity index (χ0) is 48.4. The Bertz CT molecular complexity index is 3050. The maximum absolute atomic E-state index is 6.75. The van der Waals surface area contributed by atoms with E-state index in [1.165, 1.54) is 19.6 Å². The summed E-state index contributed by atoms with van der Waals surface area (Å²) < 4.78 is 0. The monoisotopic (exact) mass is 1090 g/mol. The van der Waals surface area contributed by atoms with Gasteiger partial charge in [-0.1, -0.05) is 97.1 Å². The van der Waals surface area contributed by atoms with Gasteiger partial charge in [0, 0.05) is 92.7 Å². The summed E-state index contributed by atoms with van der Waals surface area (Å²) in [4.78, 5) is 40.8. The minimum atomic E-state index is 0. The standard InChI is InChI=1S/4C12H8N2.2Cu.4N3.4H2O/c4*1-3-9-5-6-10-4-2-8-14-12(10)11(9)13-7-1;;;4*1-3-2;;;;/h4*1-8H;;;;;;;4*1H2/q;;;;2*+2;4*-1;;;;. The molecule has 26 heteroatoms. The molecule has 24 nitrogen and oxygen atoms in total. The Morgan fingerprint density at radius 3 is 0.392 bits per heavy atom. The fourth-order valence-electron chi connectivity index (χ4n) is 6.72. The van der Waals surface area contributed by atoms with Crippen LogP contribution < -0.4 is 0 Å². The van der Waals surface area contributed by atoms with Crippen LogP contribution in [0, 0.1) is 0 Å². The molecule has 8 heterocycles. The van der Waals surface area contributed by atoms with E-state index in [1.54, 1.807) is 49.6 Å². The Kier molecular flexibility index (Phi) is 32.5. The first-order valence-electron chi connectivity index (χ1n) is 19.7. The topological polar surface area (TPSA) is 464 Å². The first-order valence-corrected chi connectivity index (χ1v) is 19.7. The number of hydrogen-bond acceptors (Lipinski definition) is 8. The molecule has 378 valence electrons. The normalized spacial score (nSPS) is 8.65. The minimum absolute atomic E-state index is 0. The molecule has 8 aromatic heterocycles. The second-order valence-electron chi connectivity index (χ2n) is 13.2. The SMILES string of the molecule is O.O.O.O.[Cu+2].[Cu+2].[N-]=[N+]=[N-].[N-]=[N+]=[N-].[N-]=[N+]=[N-].[N-]=[N+]=[N-].c1cnc2c(c1)ccc1cccnc12.c1cnc2c(c1)ccc1cccnc12.c1cnc2c(c1)ccc1cccnc12.c1cnc2c(c1)ccc1cccnc12. The number of pyridine rings is 8. The molecule has 0 aliphatic heterocycles. The molecule has 12 aromatic rings. The minimum Gasteiger partial charge on any atom is -0.412 e. The zero-order valence-electron chi connectivity index (χ0n) is 38.0. The predicted molar refractivity (Wildman–Crippen MR) is 283 cm³/mol. The second-order valence-corrected chi connectivity index (χ2v) is 13.2. The van der Waals surface area contributed by atoms with Gasteiger partial charge >= 0.3 is 34.1 Å². The third-order valence-electron chi connectivity index (χ3n) is 9.38. The molecule has 0 bridgehead atoms. The molecule has 0 saturated carbocycles. The smallest absolute Gasteiger partial charge is 0.412 e. The van der Waals surface area contributed by atoms with Crippen LogP contribution in [0.3, 0.4) is 0 Å². The van der Waals surface area contributed by atoms with E-state index in [0.29, 0.717) is 0 Å². The van der Waals surface area contributed by atoms with Crippen molar-refractivity contribution in [1.82, 2.24) is 39.9 Å². The molecule has 0 fully saturated rings. The van der Waals surface area contributed by atoms with Crippen molar-refractivity contribution < 1.29 is 56.0 Å². The van der Waals surface area contributed by atoms with Crippen LogP contribution in [-0.4, -0.2) is 61.8 Å². The third kappa shape index (κ3) is 17.9. The number of rotatable bonds is 0. The van der Waals surface area contributed by atoms with E-state index in [-0.39, 0.29) is 56.0 Å². The molecule has 0 saturated heterocycles. The van der Waals surface area contributed by atoms with E-state index < -0.39 is 0 Å². The summed E-state index contributed by atoms with van der Waals surface area (Å²) in [6, 6.07) is 48.6. The largest absolute Gasteiger partial charge is 2.00 e. The number of hydrogen-bond donors (Lipinski definition) is 0. The third-order valence-corrected chi connectivity index (χ3v) is 9.38. The maximum Gasteiger partial charge on any atom is 2.00 e. The predicted octanol–water partition coefficient (Wildman–Crippen LogP) is 11.3. The average Bonchev–Trinajstić information content (AvgIpc) is 3.40. The van der Waals surface area contributed by atoms with Gasteiger partial charge in [-0.2, -0.15) is 0 Å². The summed E-state index contributed by atoms with van der Waals surface area (Å²) >= 11 is 0. The van der Waals surface area contributed by atoms with Gasteiger partial charge in [0.25, 0.3) is 0 Å². The number of nitrogens with zero attached hydrogens (tertiary/aromatic N) is 20. The van der Waals surface area contributed by atoms with Crippen LogP contribution in [0.25, 0.3) is 151 Å². The Hall–Kier alpha value is -9.72. The number of fused-ring (bicyclic) bond motifs is 12. The van der Waals surface area contributed by atoms with Gasteiger partial charge in [0.1, 0.15) is 0 Å². The van der Waals surface area contributed by atoms with E-state index in [2.05, 4.69) is 137 Å². The van der Waals surface area contributed by atoms with Gasteiger partial charge in [0.15, 0.2) is 0 Å². The first kappa shape index (κ1) is 66.4. The van der Waals surface area contributed by atoms with Crippen LogP contribution in [0.5, 0.6) is 0 Å². The van der Waals surface area contributed by atoms with Gasteiger partial charge < -0.3 is 66.2 Å². The molecule has 0 amide bonds. The van der Waals surface area contributed by atoms with Crippen LogP contribution in [0.15, 0.2) is 195 Å². The Balaban J connectivity index is 0. The molecule has 8 N–H and O–H groups in total. The van der Waals surface area contributed by atoms with Gasteiger partial charge in [-0.15, -0.1) is 0 Å². The molecule has 12 rings (SSSR count). The second kappa shape index (κ2) is 36.3. The molecule has 0 aliphatic rings. The average molecular weight is 1090 g/mol. The van der Waals surface area contributed by atoms with Gasteiger partial charge in [0.2, 0.25) is 0 Å². The molecule has 74 heavy (non-hydrogen) atoms. The zero-order valence-corrected chi connectivity index (χ0v) is 39.9. The van der Waals surface area contributed by atoms with Gasteiger partial charge in [-0.3, -0.25) is 59.5 Å². The maximum atomic E-state index is 6.75. The van der Waals surface area contributed by atoms with Crippen molar-refractivity contribution in [2.24, 2.45) is 0 Å². The van der Waals surface area contributed by atoms with Crippen LogP contribution in [0.1, 0.15) is 0 Å². The fourth-order valence-corrected chi connectivity index (χ4v) is 6.72. The number of aromatic nitrogens is 8. The van der Waals surface area contributed by atoms with Crippen LogP contribution in [0.4, 0.5) is 0 Å². The molecule has 0 atom stereocenters. The van der Waals surface area contributed by atoms with E-state index in [4.69, 9.17) is 44.2 Å². The van der Waals surface area contributed by atoms with Crippen LogP contribution >= 0.6 is 0 Å². The summed E-state index contributed by atoms with van der Waals surface area (Å²) in [5, 5.41) is 9.10. The summed E-state index contributed by atoms with van der Waals surface area (Å²) in [6.45, 7) is 0. The summed E-state index contributed by atoms with van der Waals surface area (Å²) in [6.07, 6.45) is 14.4. The van der Waals surface area contributed by atoms with Crippen molar-refractivity contribution >= 4 is 87.2 Å². The van der Waals surface area contributed by atoms with E-state index in [1.807, 2.05) is 48.5 Å². The summed E-state index contributed by atoms with van der Waals surface area (Å²) in [7, 11) is 0. The molecular weight excluding hydrogens is 1050 g/mol. The molecule has 0 spiro atoms. The molecular formula is C48H40Cu2N20O4. The Morgan fingerprint density at radius 2 is 0.297 bits per heavy atom. The molecule has 0 aliphatic carbocycles. The van der Waals surface area contributed by atoms with E-state index in [9.17, 15) is 0 Å². The molecule has 2 radical (unpaired) electrons. The van der Waals surface area contributed by atoms with Crippen molar-refractivity contribution in [3.05, 3.63) is 259 Å². The summed E-state index contributed by atoms with van der Waals surface area (Å²) in [5.74, 6) is 0. The van der Waals surface area contributed by atoms with Crippen LogP contribution in [0.2, 0.25) is 0 Å². The van der Waals surface area contributed by atoms with Crippen molar-refractivity contribution in [3.63, 3.8) is 0 Å². The van der Waals surface area contributed by atoms with Crippen molar-refractivity contribution in [1.29, 1.82) is 0 Å².